The number of amides is 1. The Labute approximate surface area is 209 Å². The maximum atomic E-state index is 13.3. The summed E-state index contributed by atoms with van der Waals surface area (Å²) in [5.74, 6) is 0.139. The zero-order valence-corrected chi connectivity index (χ0v) is 21.1. The molecule has 0 aliphatic carbocycles. The maximum Gasteiger partial charge on any atom is 0.253 e. The fourth-order valence-electron chi connectivity index (χ4n) is 5.23. The van der Waals surface area contributed by atoms with E-state index < -0.39 is 0 Å². The van der Waals surface area contributed by atoms with E-state index in [1.165, 1.54) is 33.5 Å². The van der Waals surface area contributed by atoms with Crippen LogP contribution < -0.4 is 4.90 Å². The van der Waals surface area contributed by atoms with Gasteiger partial charge in [-0.05, 0) is 85.3 Å². The van der Waals surface area contributed by atoms with Crippen LogP contribution in [0, 0.1) is 20.8 Å². The van der Waals surface area contributed by atoms with Crippen molar-refractivity contribution in [2.75, 3.05) is 37.6 Å². The molecule has 35 heavy (non-hydrogen) atoms. The van der Waals surface area contributed by atoms with E-state index in [0.717, 1.165) is 56.9 Å². The molecule has 4 nitrogen and oxygen atoms in total. The van der Waals surface area contributed by atoms with Gasteiger partial charge in [-0.1, -0.05) is 42.5 Å². The van der Waals surface area contributed by atoms with Crippen LogP contribution in [-0.4, -0.2) is 48.4 Å². The summed E-state index contributed by atoms with van der Waals surface area (Å²) < 4.78 is 0. The van der Waals surface area contributed by atoms with Crippen molar-refractivity contribution in [2.45, 2.75) is 33.7 Å². The van der Waals surface area contributed by atoms with Gasteiger partial charge >= 0.3 is 0 Å². The lowest BCUT2D eigenvalue weighted by molar-refractivity contribution is 0.0761. The van der Waals surface area contributed by atoms with Crippen LogP contribution in [0.5, 0.6) is 0 Å². The number of aryl methyl sites for hydroxylation is 3. The number of hydrogen-bond donors (Lipinski definition) is 0. The molecule has 3 aromatic carbocycles. The van der Waals surface area contributed by atoms with E-state index in [2.05, 4.69) is 91.3 Å². The number of anilines is 2. The Kier molecular flexibility index (Phi) is 6.74. The summed E-state index contributed by atoms with van der Waals surface area (Å²) in [6.45, 7) is 11.9. The highest BCUT2D eigenvalue weighted by Crippen LogP contribution is 2.32. The first-order valence-corrected chi connectivity index (χ1v) is 12.7. The molecule has 0 saturated carbocycles. The summed E-state index contributed by atoms with van der Waals surface area (Å²) in [6, 6.07) is 21.2. The van der Waals surface area contributed by atoms with Crippen LogP contribution in [-0.2, 0) is 6.54 Å². The Balaban J connectivity index is 1.23. The summed E-state index contributed by atoms with van der Waals surface area (Å²) >= 11 is 0. The highest BCUT2D eigenvalue weighted by Gasteiger charge is 2.22. The minimum absolute atomic E-state index is 0.139. The Morgan fingerprint density at radius 3 is 2.43 bits per heavy atom. The average Bonchev–Trinajstić information content (AvgIpc) is 3.12. The van der Waals surface area contributed by atoms with Crippen molar-refractivity contribution in [1.82, 2.24) is 9.80 Å². The van der Waals surface area contributed by atoms with Crippen molar-refractivity contribution < 1.29 is 4.79 Å². The van der Waals surface area contributed by atoms with Crippen LogP contribution in [0.15, 0.2) is 66.7 Å². The molecule has 1 fully saturated rings. The topological polar surface area (TPSA) is 26.8 Å². The first kappa shape index (κ1) is 23.4. The molecule has 0 radical (unpaired) electrons. The molecule has 0 aromatic heterocycles. The molecule has 0 N–H and O–H groups in total. The number of para-hydroxylation sites is 1. The van der Waals surface area contributed by atoms with Crippen molar-refractivity contribution in [2.24, 2.45) is 0 Å². The fourth-order valence-corrected chi connectivity index (χ4v) is 5.23. The molecule has 0 spiro atoms. The minimum Gasteiger partial charge on any atom is -0.337 e. The second kappa shape index (κ2) is 10.1. The standard InChI is InChI=1S/C31H35N3O/c1-23-20-25(3)28(21-24(23)2)22-32-15-7-16-33(19-18-32)31(35)27-11-13-29(14-12-27)34-17-6-9-26-8-4-5-10-30(26)34/h4-6,8-14,20-21H,7,15-19,22H2,1-3H3. The van der Waals surface area contributed by atoms with E-state index in [-0.39, 0.29) is 5.91 Å². The molecule has 0 bridgehead atoms. The van der Waals surface area contributed by atoms with Gasteiger partial charge in [-0.25, -0.2) is 0 Å². The molecule has 2 aliphatic rings. The monoisotopic (exact) mass is 465 g/mol. The molecule has 2 aliphatic heterocycles. The second-order valence-corrected chi connectivity index (χ2v) is 9.90. The average molecular weight is 466 g/mol. The highest BCUT2D eigenvalue weighted by atomic mass is 16.2. The molecule has 0 unspecified atom stereocenters. The predicted molar refractivity (Wildman–Crippen MR) is 145 cm³/mol. The largest absolute Gasteiger partial charge is 0.337 e. The van der Waals surface area contributed by atoms with Gasteiger partial charge in [0.15, 0.2) is 0 Å². The van der Waals surface area contributed by atoms with Gasteiger partial charge in [0, 0.05) is 56.2 Å². The number of carbonyl (C=O) groups is 1. The molecule has 3 aromatic rings. The van der Waals surface area contributed by atoms with Crippen molar-refractivity contribution in [1.29, 1.82) is 0 Å². The first-order chi connectivity index (χ1) is 17.0. The molecule has 1 saturated heterocycles. The van der Waals surface area contributed by atoms with Crippen molar-refractivity contribution >= 4 is 23.4 Å². The zero-order chi connectivity index (χ0) is 24.4. The number of carbonyl (C=O) groups excluding carboxylic acids is 1. The first-order valence-electron chi connectivity index (χ1n) is 12.7. The smallest absolute Gasteiger partial charge is 0.253 e. The van der Waals surface area contributed by atoms with Gasteiger partial charge in [0.25, 0.3) is 5.91 Å². The summed E-state index contributed by atoms with van der Waals surface area (Å²) in [5.41, 5.74) is 9.78. The number of benzene rings is 3. The van der Waals surface area contributed by atoms with Gasteiger partial charge < -0.3 is 9.80 Å². The summed E-state index contributed by atoms with van der Waals surface area (Å²) in [5, 5.41) is 0. The number of hydrogen-bond acceptors (Lipinski definition) is 3. The molecule has 0 atom stereocenters. The zero-order valence-electron chi connectivity index (χ0n) is 21.1. The van der Waals surface area contributed by atoms with Crippen molar-refractivity contribution in [3.8, 4) is 0 Å². The van der Waals surface area contributed by atoms with Crippen molar-refractivity contribution in [3.63, 3.8) is 0 Å². The Bertz CT molecular complexity index is 1240. The van der Waals surface area contributed by atoms with Gasteiger partial charge in [0.1, 0.15) is 0 Å². The summed E-state index contributed by atoms with van der Waals surface area (Å²) in [4.78, 5) is 20.1. The minimum atomic E-state index is 0.139. The van der Waals surface area contributed by atoms with Gasteiger partial charge in [-0.3, -0.25) is 9.69 Å². The Morgan fingerprint density at radius 1 is 0.829 bits per heavy atom. The molecular weight excluding hydrogens is 430 g/mol. The second-order valence-electron chi connectivity index (χ2n) is 9.90. The van der Waals surface area contributed by atoms with E-state index in [1.54, 1.807) is 0 Å². The highest BCUT2D eigenvalue weighted by molar-refractivity contribution is 5.94. The lowest BCUT2D eigenvalue weighted by Crippen LogP contribution is -2.35. The predicted octanol–water partition coefficient (Wildman–Crippen LogP) is 6.12. The Morgan fingerprint density at radius 2 is 1.60 bits per heavy atom. The molecule has 2 heterocycles. The molecular formula is C31H35N3O. The van der Waals surface area contributed by atoms with Crippen LogP contribution in [0.2, 0.25) is 0 Å². The van der Waals surface area contributed by atoms with Crippen LogP contribution in [0.1, 0.15) is 44.6 Å². The number of rotatable bonds is 4. The van der Waals surface area contributed by atoms with E-state index in [1.807, 2.05) is 17.0 Å². The SMILES string of the molecule is Cc1cc(C)c(CN2CCCN(C(=O)c3ccc(N4CC=Cc5ccccc54)cc3)CC2)cc1C. The molecule has 5 rings (SSSR count). The molecule has 4 heteroatoms. The number of nitrogens with zero attached hydrogens (tertiary/aromatic N) is 3. The van der Waals surface area contributed by atoms with E-state index in [4.69, 9.17) is 0 Å². The van der Waals surface area contributed by atoms with E-state index in [0.29, 0.717) is 0 Å². The van der Waals surface area contributed by atoms with Crippen molar-refractivity contribution in [3.05, 3.63) is 100 Å². The third-order valence-electron chi connectivity index (χ3n) is 7.46. The quantitative estimate of drug-likeness (QED) is 0.464. The van der Waals surface area contributed by atoms with Crippen LogP contribution in [0.4, 0.5) is 11.4 Å². The maximum absolute atomic E-state index is 13.3. The van der Waals surface area contributed by atoms with Gasteiger partial charge in [0.05, 0.1) is 0 Å². The summed E-state index contributed by atoms with van der Waals surface area (Å²) in [6.07, 6.45) is 5.36. The normalized spacial score (nSPS) is 16.2. The van der Waals surface area contributed by atoms with Crippen LogP contribution in [0.25, 0.3) is 6.08 Å². The summed E-state index contributed by atoms with van der Waals surface area (Å²) in [7, 11) is 0. The van der Waals surface area contributed by atoms with Gasteiger partial charge in [0.2, 0.25) is 0 Å². The molecule has 180 valence electrons. The number of fused-ring (bicyclic) bond motifs is 1. The van der Waals surface area contributed by atoms with Gasteiger partial charge in [-0.15, -0.1) is 0 Å². The van der Waals surface area contributed by atoms with Gasteiger partial charge in [-0.2, -0.15) is 0 Å². The van der Waals surface area contributed by atoms with Crippen LogP contribution >= 0.6 is 0 Å². The van der Waals surface area contributed by atoms with E-state index >= 15 is 0 Å². The lowest BCUT2D eigenvalue weighted by atomic mass is 10.0. The third-order valence-corrected chi connectivity index (χ3v) is 7.46. The lowest BCUT2D eigenvalue weighted by Gasteiger charge is -2.28. The fraction of sp³-hybridized carbons (Fsp3) is 0.323. The third kappa shape index (κ3) is 5.03. The van der Waals surface area contributed by atoms with E-state index in [9.17, 15) is 4.79 Å². The Hall–Kier alpha value is -3.37. The molecule has 1 amide bonds. The van der Waals surface area contributed by atoms with Crippen LogP contribution in [0.3, 0.4) is 0 Å².